The van der Waals surface area contributed by atoms with E-state index in [1.807, 2.05) is 44.2 Å². The van der Waals surface area contributed by atoms with Crippen molar-refractivity contribution < 1.29 is 24.0 Å². The zero-order chi connectivity index (χ0) is 38.2. The fourth-order valence-electron chi connectivity index (χ4n) is 6.13. The lowest BCUT2D eigenvalue weighted by Gasteiger charge is -2.25. The maximum absolute atomic E-state index is 13.7. The second-order valence-corrected chi connectivity index (χ2v) is 13.6. The molecule has 5 rings (SSSR count). The Balaban J connectivity index is 1.41. The molecule has 2 aromatic carbocycles. The van der Waals surface area contributed by atoms with E-state index in [-0.39, 0.29) is 37.9 Å². The van der Waals surface area contributed by atoms with Crippen molar-refractivity contribution in [3.8, 4) is 11.4 Å². The first kappa shape index (κ1) is 38.3. The van der Waals surface area contributed by atoms with Gasteiger partial charge in [-0.05, 0) is 45.6 Å². The van der Waals surface area contributed by atoms with Gasteiger partial charge in [-0.15, -0.1) is 0 Å². The summed E-state index contributed by atoms with van der Waals surface area (Å²) in [4.78, 5) is 86.3. The molecule has 280 valence electrons. The number of hydrogen-bond donors (Lipinski definition) is 4. The summed E-state index contributed by atoms with van der Waals surface area (Å²) in [7, 11) is 0. The Morgan fingerprint density at radius 3 is 2.25 bits per heavy atom. The number of rotatable bonds is 5. The monoisotopic (exact) mass is 726 g/mol. The smallest absolute Gasteiger partial charge is 0.275 e. The second-order valence-electron chi connectivity index (χ2n) is 13.6. The molecule has 53 heavy (non-hydrogen) atoms. The number of carbonyl (C=O) groups excluding carboxylic acids is 5. The van der Waals surface area contributed by atoms with Gasteiger partial charge in [0.1, 0.15) is 31.0 Å². The van der Waals surface area contributed by atoms with Crippen LogP contribution in [-0.4, -0.2) is 90.7 Å². The van der Waals surface area contributed by atoms with E-state index >= 15 is 0 Å². The number of hydrogen-bond acceptors (Lipinski definition) is 9. The molecule has 4 N–H and O–H groups in total. The molecule has 0 radical (unpaired) electrons. The van der Waals surface area contributed by atoms with Gasteiger partial charge in [0.05, 0.1) is 23.7 Å². The molecule has 1 aliphatic heterocycles. The summed E-state index contributed by atoms with van der Waals surface area (Å²) in [5.74, 6) is -1.89. The molecule has 0 spiro atoms. The molecule has 3 atom stereocenters. The maximum Gasteiger partial charge on any atom is 0.275 e. The largest absolute Gasteiger partial charge is 0.354 e. The molecule has 2 aromatic heterocycles. The lowest BCUT2D eigenvalue weighted by Crippen LogP contribution is -2.54. The van der Waals surface area contributed by atoms with Crippen molar-refractivity contribution in [2.24, 2.45) is 5.92 Å². The van der Waals surface area contributed by atoms with Crippen molar-refractivity contribution in [2.45, 2.75) is 78.7 Å². The quantitative estimate of drug-likeness (QED) is 0.233. The van der Waals surface area contributed by atoms with Crippen molar-refractivity contribution in [1.82, 2.24) is 50.7 Å². The van der Waals surface area contributed by atoms with Crippen LogP contribution in [0.15, 0.2) is 59.4 Å². The summed E-state index contributed by atoms with van der Waals surface area (Å²) in [5.41, 5.74) is 0.841. The summed E-state index contributed by atoms with van der Waals surface area (Å²) in [6.45, 7) is 7.91. The van der Waals surface area contributed by atoms with Crippen LogP contribution in [0, 0.1) is 12.8 Å². The van der Waals surface area contributed by atoms with Gasteiger partial charge < -0.3 is 26.2 Å². The SMILES string of the molecule is Cc1nn(CC(=O)N2CCCNC(=O)Cn3nc(-c4ccccc4)nc3[C@H](C)NC(=O)[C@@H](CC(C)C)NC(=O)[C@@H](C)NC(=O)C2)c(=O)c2ccccc12. The third kappa shape index (κ3) is 9.69. The van der Waals surface area contributed by atoms with Crippen LogP contribution < -0.4 is 26.8 Å². The van der Waals surface area contributed by atoms with Crippen molar-refractivity contribution in [3.63, 3.8) is 0 Å². The number of fused-ring (bicyclic) bond motifs is 2. The topological polar surface area (TPSA) is 202 Å². The van der Waals surface area contributed by atoms with E-state index in [1.165, 1.54) is 16.5 Å². The van der Waals surface area contributed by atoms with E-state index in [2.05, 4.69) is 36.4 Å². The Hall–Kier alpha value is -5.93. The van der Waals surface area contributed by atoms with Crippen LogP contribution >= 0.6 is 0 Å². The highest BCUT2D eigenvalue weighted by atomic mass is 16.2. The van der Waals surface area contributed by atoms with Crippen LogP contribution in [-0.2, 0) is 37.1 Å². The predicted octanol–water partition coefficient (Wildman–Crippen LogP) is 1.22. The third-order valence-electron chi connectivity index (χ3n) is 8.83. The van der Waals surface area contributed by atoms with Gasteiger partial charge in [-0.1, -0.05) is 62.4 Å². The molecule has 5 amide bonds. The molecule has 0 saturated carbocycles. The normalized spacial score (nSPS) is 19.7. The van der Waals surface area contributed by atoms with Gasteiger partial charge in [0.2, 0.25) is 29.5 Å². The number of aromatic nitrogens is 5. The van der Waals surface area contributed by atoms with Crippen LogP contribution in [0.3, 0.4) is 0 Å². The summed E-state index contributed by atoms with van der Waals surface area (Å²) >= 11 is 0. The van der Waals surface area contributed by atoms with Crippen LogP contribution in [0.1, 0.15) is 58.1 Å². The summed E-state index contributed by atoms with van der Waals surface area (Å²) < 4.78 is 2.51. The molecule has 16 nitrogen and oxygen atoms in total. The minimum Gasteiger partial charge on any atom is -0.354 e. The van der Waals surface area contributed by atoms with Crippen LogP contribution in [0.25, 0.3) is 22.2 Å². The van der Waals surface area contributed by atoms with Gasteiger partial charge in [-0.2, -0.15) is 10.2 Å². The van der Waals surface area contributed by atoms with E-state index < -0.39 is 60.4 Å². The van der Waals surface area contributed by atoms with Crippen molar-refractivity contribution in [1.29, 1.82) is 0 Å². The highest BCUT2D eigenvalue weighted by Crippen LogP contribution is 2.20. The Morgan fingerprint density at radius 1 is 0.830 bits per heavy atom. The minimum atomic E-state index is -1.05. The second kappa shape index (κ2) is 17.1. The number of carbonyl (C=O) groups is 5. The number of nitrogens with one attached hydrogen (secondary N) is 4. The molecule has 3 heterocycles. The van der Waals surface area contributed by atoms with Gasteiger partial charge in [-0.3, -0.25) is 28.8 Å². The fraction of sp³-hybridized carbons (Fsp3) is 0.432. The molecule has 0 aliphatic carbocycles. The van der Waals surface area contributed by atoms with E-state index in [0.29, 0.717) is 34.5 Å². The Bertz CT molecular complexity index is 2040. The highest BCUT2D eigenvalue weighted by molar-refractivity contribution is 5.93. The summed E-state index contributed by atoms with van der Waals surface area (Å²) in [5, 5.41) is 21.1. The zero-order valence-electron chi connectivity index (χ0n) is 30.6. The van der Waals surface area contributed by atoms with Crippen LogP contribution in [0.2, 0.25) is 0 Å². The molecular formula is C37H46N10O6. The fourth-order valence-corrected chi connectivity index (χ4v) is 6.13. The molecule has 0 bridgehead atoms. The first-order chi connectivity index (χ1) is 25.3. The standard InChI is InChI=1S/C37H46N10O6/c1-22(2)18-29-36(52)40-24(4)34-42-33(26-12-7-6-8-13-26)44-46(34)20-30(48)38-16-11-17-45(19-31(49)39-25(5)35(51)41-29)32(50)21-47-37(53)28-15-10-9-14-27(28)23(3)43-47/h6-10,12-15,22,24-25,29H,11,16-21H2,1-5H3,(H,38,48)(H,39,49)(H,40,52)(H,41,51)/t24-,25+,29+/m0/s1. The van der Waals surface area contributed by atoms with Crippen molar-refractivity contribution >= 4 is 40.3 Å². The van der Waals surface area contributed by atoms with E-state index in [9.17, 15) is 28.8 Å². The van der Waals surface area contributed by atoms with Gasteiger partial charge in [0.15, 0.2) is 5.82 Å². The van der Waals surface area contributed by atoms with Crippen molar-refractivity contribution in [3.05, 3.63) is 76.5 Å². The maximum atomic E-state index is 13.7. The minimum absolute atomic E-state index is 0.0258. The molecule has 0 unspecified atom stereocenters. The lowest BCUT2D eigenvalue weighted by molar-refractivity contribution is -0.138. The first-order valence-electron chi connectivity index (χ1n) is 17.7. The molecule has 16 heteroatoms. The average Bonchev–Trinajstić information content (AvgIpc) is 3.54. The Kier molecular flexibility index (Phi) is 12.3. The van der Waals surface area contributed by atoms with Gasteiger partial charge >= 0.3 is 0 Å². The average molecular weight is 727 g/mol. The summed E-state index contributed by atoms with van der Waals surface area (Å²) in [6.07, 6.45) is 0.571. The van der Waals surface area contributed by atoms with Crippen LogP contribution in [0.4, 0.5) is 0 Å². The molecule has 0 fully saturated rings. The number of nitrogens with zero attached hydrogens (tertiary/aromatic N) is 6. The zero-order valence-corrected chi connectivity index (χ0v) is 30.6. The van der Waals surface area contributed by atoms with Gasteiger partial charge in [0, 0.05) is 24.0 Å². The first-order valence-corrected chi connectivity index (χ1v) is 17.7. The lowest BCUT2D eigenvalue weighted by atomic mass is 10.0. The van der Waals surface area contributed by atoms with E-state index in [4.69, 9.17) is 0 Å². The number of benzene rings is 2. The summed E-state index contributed by atoms with van der Waals surface area (Å²) in [6, 6.07) is 13.5. The van der Waals surface area contributed by atoms with Gasteiger partial charge in [-0.25, -0.2) is 14.3 Å². The number of amides is 5. The molecule has 4 aromatic rings. The van der Waals surface area contributed by atoms with Crippen LogP contribution in [0.5, 0.6) is 0 Å². The molecular weight excluding hydrogens is 680 g/mol. The third-order valence-corrected chi connectivity index (χ3v) is 8.83. The predicted molar refractivity (Wildman–Crippen MR) is 196 cm³/mol. The number of aryl methyl sites for hydroxylation is 1. The highest BCUT2D eigenvalue weighted by Gasteiger charge is 2.29. The Labute approximate surface area is 306 Å². The molecule has 0 saturated heterocycles. The molecule has 1 aliphatic rings. The van der Waals surface area contributed by atoms with E-state index in [1.54, 1.807) is 38.1 Å². The Morgan fingerprint density at radius 2 is 1.53 bits per heavy atom. The van der Waals surface area contributed by atoms with Gasteiger partial charge in [0.25, 0.3) is 5.56 Å². The van der Waals surface area contributed by atoms with E-state index in [0.717, 1.165) is 10.2 Å². The van der Waals surface area contributed by atoms with Crippen molar-refractivity contribution in [2.75, 3.05) is 19.6 Å².